The Bertz CT molecular complexity index is 749. The van der Waals surface area contributed by atoms with Crippen molar-refractivity contribution in [1.29, 1.82) is 0 Å². The van der Waals surface area contributed by atoms with Crippen LogP contribution in [0, 0.1) is 0 Å². The summed E-state index contributed by atoms with van der Waals surface area (Å²) in [5.41, 5.74) is 8.29. The molecule has 2 heterocycles. The first-order valence-electron chi connectivity index (χ1n) is 6.42. The Balaban J connectivity index is 1.66. The largest absolute Gasteiger partial charge is 0.375 e. The normalized spacial score (nSPS) is 10.7. The molecule has 4 nitrogen and oxygen atoms in total. The number of hydrogen-bond acceptors (Lipinski definition) is 6. The first-order valence-corrected chi connectivity index (χ1v) is 8.18. The first-order chi connectivity index (χ1) is 10.2. The molecule has 1 aromatic carbocycles. The molecule has 0 atom stereocenters. The zero-order valence-electron chi connectivity index (χ0n) is 11.2. The maximum atomic E-state index is 12.0. The molecule has 2 N–H and O–H groups in total. The van der Waals surface area contributed by atoms with Gasteiger partial charge in [0.05, 0.1) is 24.2 Å². The van der Waals surface area contributed by atoms with Gasteiger partial charge in [0.2, 0.25) is 0 Å². The van der Waals surface area contributed by atoms with Crippen LogP contribution in [-0.2, 0) is 17.6 Å². The quantitative estimate of drug-likeness (QED) is 0.785. The Hall–Kier alpha value is -2.05. The average Bonchev–Trinajstić information content (AvgIpc) is 3.09. The van der Waals surface area contributed by atoms with Gasteiger partial charge in [0.15, 0.2) is 5.13 Å². The van der Waals surface area contributed by atoms with Crippen molar-refractivity contribution in [2.45, 2.75) is 12.8 Å². The van der Waals surface area contributed by atoms with Crippen molar-refractivity contribution >= 4 is 33.6 Å². The van der Waals surface area contributed by atoms with Crippen LogP contribution >= 0.6 is 22.7 Å². The molecule has 0 aliphatic rings. The number of rotatable bonds is 5. The Morgan fingerprint density at radius 3 is 2.57 bits per heavy atom. The van der Waals surface area contributed by atoms with E-state index in [4.69, 9.17) is 5.73 Å². The first kappa shape index (κ1) is 13.9. The molecule has 0 saturated heterocycles. The van der Waals surface area contributed by atoms with E-state index in [1.807, 2.05) is 41.1 Å². The van der Waals surface area contributed by atoms with Gasteiger partial charge in [0.1, 0.15) is 10.8 Å². The average molecular weight is 315 g/mol. The minimum absolute atomic E-state index is 0.106. The molecular weight excluding hydrogens is 302 g/mol. The highest BCUT2D eigenvalue weighted by atomic mass is 32.1. The number of ketones is 1. The van der Waals surface area contributed by atoms with Crippen LogP contribution in [0.5, 0.6) is 0 Å². The van der Waals surface area contributed by atoms with Crippen molar-refractivity contribution in [3.63, 3.8) is 0 Å². The fourth-order valence-electron chi connectivity index (χ4n) is 1.97. The van der Waals surface area contributed by atoms with Crippen LogP contribution in [0.2, 0.25) is 0 Å². The van der Waals surface area contributed by atoms with E-state index in [-0.39, 0.29) is 5.78 Å². The number of nitrogen functional groups attached to an aromatic ring is 1. The van der Waals surface area contributed by atoms with E-state index in [2.05, 4.69) is 9.97 Å². The third-order valence-corrected chi connectivity index (χ3v) is 4.49. The van der Waals surface area contributed by atoms with Gasteiger partial charge in [-0.25, -0.2) is 9.97 Å². The van der Waals surface area contributed by atoms with Crippen LogP contribution in [0.15, 0.2) is 41.1 Å². The predicted molar refractivity (Wildman–Crippen MR) is 86.5 cm³/mol. The van der Waals surface area contributed by atoms with Gasteiger partial charge in [-0.1, -0.05) is 30.3 Å². The lowest BCUT2D eigenvalue weighted by atomic mass is 10.2. The number of benzene rings is 1. The number of hydrogen-bond donors (Lipinski definition) is 1. The molecule has 3 aromatic rings. The third-order valence-electron chi connectivity index (χ3n) is 2.92. The Labute approximate surface area is 130 Å². The summed E-state index contributed by atoms with van der Waals surface area (Å²) in [6.07, 6.45) is 0.656. The van der Waals surface area contributed by atoms with Gasteiger partial charge >= 0.3 is 0 Å². The maximum Gasteiger partial charge on any atom is 0.180 e. The predicted octanol–water partition coefficient (Wildman–Crippen LogP) is 3.20. The molecule has 0 unspecified atom stereocenters. The summed E-state index contributed by atoms with van der Waals surface area (Å²) in [6, 6.07) is 9.95. The van der Waals surface area contributed by atoms with Gasteiger partial charge in [-0.2, -0.15) is 0 Å². The number of nitrogens with two attached hydrogens (primary N) is 1. The summed E-state index contributed by atoms with van der Waals surface area (Å²) in [5, 5.41) is 5.14. The van der Waals surface area contributed by atoms with Crippen LogP contribution in [0.3, 0.4) is 0 Å². The summed E-state index contributed by atoms with van der Waals surface area (Å²) < 4.78 is 0. The molecule has 6 heteroatoms. The van der Waals surface area contributed by atoms with E-state index in [1.165, 1.54) is 22.7 Å². The number of anilines is 1. The molecule has 0 bridgehead atoms. The molecule has 0 radical (unpaired) electrons. The minimum Gasteiger partial charge on any atom is -0.375 e. The molecule has 2 aromatic heterocycles. The highest BCUT2D eigenvalue weighted by Gasteiger charge is 2.11. The number of carbonyl (C=O) groups excluding carboxylic acids is 1. The van der Waals surface area contributed by atoms with Crippen molar-refractivity contribution in [3.05, 3.63) is 51.8 Å². The second-order valence-corrected chi connectivity index (χ2v) is 6.39. The standard InChI is InChI=1S/C15H13N3OS2/c16-15-17-11(8-21-15)6-12(19)7-14-18-13(9-20-14)10-4-2-1-3-5-10/h1-5,8-9H,6-7H2,(H2,16,17). The molecule has 0 spiro atoms. The molecule has 0 aliphatic heterocycles. The number of aromatic nitrogens is 2. The van der Waals surface area contributed by atoms with Crippen LogP contribution in [0.4, 0.5) is 5.13 Å². The lowest BCUT2D eigenvalue weighted by Gasteiger charge is -1.96. The van der Waals surface area contributed by atoms with Crippen molar-refractivity contribution in [2.24, 2.45) is 0 Å². The van der Waals surface area contributed by atoms with E-state index in [1.54, 1.807) is 0 Å². The Morgan fingerprint density at radius 1 is 1.05 bits per heavy atom. The van der Waals surface area contributed by atoms with Crippen LogP contribution < -0.4 is 5.73 Å². The molecule has 0 aliphatic carbocycles. The summed E-state index contributed by atoms with van der Waals surface area (Å²) in [4.78, 5) is 20.7. The van der Waals surface area contributed by atoms with E-state index in [0.29, 0.717) is 18.0 Å². The topological polar surface area (TPSA) is 68.9 Å². The summed E-state index contributed by atoms with van der Waals surface area (Å²) >= 11 is 2.87. The zero-order valence-corrected chi connectivity index (χ0v) is 12.8. The van der Waals surface area contributed by atoms with E-state index >= 15 is 0 Å². The Morgan fingerprint density at radius 2 is 1.86 bits per heavy atom. The molecule has 0 amide bonds. The molecule has 106 valence electrons. The highest BCUT2D eigenvalue weighted by molar-refractivity contribution is 7.13. The summed E-state index contributed by atoms with van der Waals surface area (Å²) in [7, 11) is 0. The van der Waals surface area contributed by atoms with Crippen molar-refractivity contribution in [1.82, 2.24) is 9.97 Å². The zero-order chi connectivity index (χ0) is 14.7. The van der Waals surface area contributed by atoms with Crippen molar-refractivity contribution in [3.8, 4) is 11.3 Å². The summed E-state index contributed by atoms with van der Waals surface area (Å²) in [6.45, 7) is 0. The van der Waals surface area contributed by atoms with Gasteiger partial charge in [-0.05, 0) is 0 Å². The Kier molecular flexibility index (Phi) is 4.08. The fourth-order valence-corrected chi connectivity index (χ4v) is 3.37. The van der Waals surface area contributed by atoms with E-state index in [9.17, 15) is 4.79 Å². The molecule has 0 saturated carbocycles. The summed E-state index contributed by atoms with van der Waals surface area (Å²) in [5.74, 6) is 0.106. The number of Topliss-reactive ketones (excluding diaryl/α,β-unsaturated/α-hetero) is 1. The third kappa shape index (κ3) is 3.53. The SMILES string of the molecule is Nc1nc(CC(=O)Cc2nc(-c3ccccc3)cs2)cs1. The van der Waals surface area contributed by atoms with Crippen LogP contribution in [0.1, 0.15) is 10.7 Å². The van der Waals surface area contributed by atoms with Gasteiger partial charge in [-0.15, -0.1) is 22.7 Å². The maximum absolute atomic E-state index is 12.0. The fraction of sp³-hybridized carbons (Fsp3) is 0.133. The van der Waals surface area contributed by atoms with Crippen LogP contribution in [0.25, 0.3) is 11.3 Å². The smallest absolute Gasteiger partial charge is 0.180 e. The van der Waals surface area contributed by atoms with E-state index in [0.717, 1.165) is 22.0 Å². The van der Waals surface area contributed by atoms with Gasteiger partial charge < -0.3 is 5.73 Å². The number of nitrogens with zero attached hydrogens (tertiary/aromatic N) is 2. The number of carbonyl (C=O) groups is 1. The number of thiazole rings is 2. The van der Waals surface area contributed by atoms with E-state index < -0.39 is 0 Å². The molecular formula is C15H13N3OS2. The van der Waals surface area contributed by atoms with Crippen molar-refractivity contribution < 1.29 is 4.79 Å². The lowest BCUT2D eigenvalue weighted by molar-refractivity contribution is -0.117. The highest BCUT2D eigenvalue weighted by Crippen LogP contribution is 2.22. The van der Waals surface area contributed by atoms with Crippen LogP contribution in [-0.4, -0.2) is 15.8 Å². The van der Waals surface area contributed by atoms with Gasteiger partial charge in [0, 0.05) is 16.3 Å². The van der Waals surface area contributed by atoms with Gasteiger partial charge in [-0.3, -0.25) is 4.79 Å². The molecule has 0 fully saturated rings. The monoisotopic (exact) mass is 315 g/mol. The van der Waals surface area contributed by atoms with Gasteiger partial charge in [0.25, 0.3) is 0 Å². The molecule has 21 heavy (non-hydrogen) atoms. The van der Waals surface area contributed by atoms with Crippen molar-refractivity contribution in [2.75, 3.05) is 5.73 Å². The minimum atomic E-state index is 0.106. The second kappa shape index (κ2) is 6.15. The second-order valence-electron chi connectivity index (χ2n) is 4.56. The molecule has 3 rings (SSSR count). The lowest BCUT2D eigenvalue weighted by Crippen LogP contribution is -2.06.